The summed E-state index contributed by atoms with van der Waals surface area (Å²) in [4.78, 5) is 12.6. The van der Waals surface area contributed by atoms with E-state index in [9.17, 15) is 4.79 Å². The Hall–Kier alpha value is -2.21. The number of aryl methyl sites for hydroxylation is 1. The molecule has 1 aromatic heterocycles. The quantitative estimate of drug-likeness (QED) is 0.875. The molecule has 0 aliphatic heterocycles. The Balaban J connectivity index is 0.000000225. The third-order valence-electron chi connectivity index (χ3n) is 3.45. The summed E-state index contributed by atoms with van der Waals surface area (Å²) in [5.74, 6) is -0.481. The maximum Gasteiger partial charge on any atom is 0.250 e. The summed E-state index contributed by atoms with van der Waals surface area (Å²) in [6, 6.07) is 5.92. The van der Waals surface area contributed by atoms with Gasteiger partial charge in [-0.25, -0.2) is 0 Å². The van der Waals surface area contributed by atoms with Crippen LogP contribution in [0.15, 0.2) is 30.6 Å². The van der Waals surface area contributed by atoms with Gasteiger partial charge < -0.3 is 11.5 Å². The van der Waals surface area contributed by atoms with E-state index in [0.717, 1.165) is 5.56 Å². The summed E-state index contributed by atoms with van der Waals surface area (Å²) in [7, 11) is 0. The van der Waals surface area contributed by atoms with Gasteiger partial charge >= 0.3 is 0 Å². The van der Waals surface area contributed by atoms with Gasteiger partial charge in [-0.3, -0.25) is 4.79 Å². The van der Waals surface area contributed by atoms with E-state index in [0.29, 0.717) is 17.3 Å². The molecule has 2 aromatic rings. The number of nitrogens with two attached hydrogens (primary N) is 2. The van der Waals surface area contributed by atoms with Gasteiger partial charge in [-0.2, -0.15) is 15.0 Å². The molecule has 1 aliphatic carbocycles. The summed E-state index contributed by atoms with van der Waals surface area (Å²) in [5, 5.41) is 7.91. The molecule has 1 aliphatic rings. The molecule has 4 N–H and O–H groups in total. The zero-order valence-electron chi connectivity index (χ0n) is 12.2. The topological polar surface area (TPSA) is 99.8 Å². The number of amides is 1. The molecule has 6 heteroatoms. The first-order valence-electron chi connectivity index (χ1n) is 7.10. The van der Waals surface area contributed by atoms with E-state index in [2.05, 4.69) is 10.2 Å². The molecule has 1 saturated carbocycles. The number of rotatable bonds is 2. The average Bonchev–Trinajstić information content (AvgIpc) is 3.12. The van der Waals surface area contributed by atoms with Gasteiger partial charge in [0.1, 0.15) is 0 Å². The second-order valence-electron chi connectivity index (χ2n) is 5.25. The van der Waals surface area contributed by atoms with Crippen LogP contribution >= 0.6 is 0 Å². The fourth-order valence-corrected chi connectivity index (χ4v) is 2.32. The van der Waals surface area contributed by atoms with Crippen molar-refractivity contribution in [3.63, 3.8) is 0 Å². The molecule has 6 nitrogen and oxygen atoms in total. The Bertz CT molecular complexity index is 588. The van der Waals surface area contributed by atoms with Crippen LogP contribution in [0.25, 0.3) is 5.69 Å². The first-order valence-corrected chi connectivity index (χ1v) is 7.10. The van der Waals surface area contributed by atoms with Crippen LogP contribution in [0.3, 0.4) is 0 Å². The molecule has 1 amide bonds. The van der Waals surface area contributed by atoms with E-state index >= 15 is 0 Å². The highest BCUT2D eigenvalue weighted by atomic mass is 16.1. The van der Waals surface area contributed by atoms with E-state index in [1.165, 1.54) is 30.5 Å². The largest absolute Gasteiger partial charge is 0.366 e. The monoisotopic (exact) mass is 287 g/mol. The number of nitrogens with zero attached hydrogens (tertiary/aromatic N) is 3. The second kappa shape index (κ2) is 6.99. The first-order chi connectivity index (χ1) is 10.1. The molecule has 0 atom stereocenters. The van der Waals surface area contributed by atoms with Crippen LogP contribution in [-0.2, 0) is 0 Å². The first kappa shape index (κ1) is 15.2. The van der Waals surface area contributed by atoms with Crippen LogP contribution in [0.1, 0.15) is 41.6 Å². The molecule has 112 valence electrons. The number of hydrogen-bond acceptors (Lipinski definition) is 4. The van der Waals surface area contributed by atoms with Crippen LogP contribution in [0.5, 0.6) is 0 Å². The van der Waals surface area contributed by atoms with Crippen LogP contribution in [0.4, 0.5) is 0 Å². The van der Waals surface area contributed by atoms with Crippen molar-refractivity contribution in [1.29, 1.82) is 0 Å². The lowest BCUT2D eigenvalue weighted by Gasteiger charge is -2.05. The predicted molar refractivity (Wildman–Crippen MR) is 81.1 cm³/mol. The van der Waals surface area contributed by atoms with Gasteiger partial charge in [-0.1, -0.05) is 24.5 Å². The molecule has 0 unspecified atom stereocenters. The van der Waals surface area contributed by atoms with E-state index in [-0.39, 0.29) is 0 Å². The Morgan fingerprint density at radius 1 is 1.24 bits per heavy atom. The molecule has 1 heterocycles. The predicted octanol–water partition coefficient (Wildman–Crippen LogP) is 1.56. The summed E-state index contributed by atoms with van der Waals surface area (Å²) in [6.45, 7) is 1.90. The number of benzene rings is 1. The Labute approximate surface area is 124 Å². The van der Waals surface area contributed by atoms with Crippen molar-refractivity contribution in [2.45, 2.75) is 38.6 Å². The fourth-order valence-electron chi connectivity index (χ4n) is 2.32. The number of aromatic nitrogens is 3. The number of hydrogen-bond donors (Lipinski definition) is 2. The zero-order chi connectivity index (χ0) is 15.2. The summed E-state index contributed by atoms with van der Waals surface area (Å²) in [5.41, 5.74) is 12.8. The molecular weight excluding hydrogens is 266 g/mol. The fraction of sp³-hybridized carbons (Fsp3) is 0.400. The van der Waals surface area contributed by atoms with Gasteiger partial charge in [0.15, 0.2) is 0 Å². The normalized spacial score (nSPS) is 14.6. The maximum absolute atomic E-state index is 11.2. The van der Waals surface area contributed by atoms with Gasteiger partial charge in [0.2, 0.25) is 0 Å². The van der Waals surface area contributed by atoms with Crippen molar-refractivity contribution in [2.24, 2.45) is 11.5 Å². The van der Waals surface area contributed by atoms with Crippen LogP contribution in [-0.4, -0.2) is 26.9 Å². The molecule has 0 saturated heterocycles. The standard InChI is InChI=1S/C10H10N4O.C5H11N/c1-7-2-3-9(8(6-7)10(11)15)14-12-4-5-13-14;6-5-3-1-2-4-5/h2-6H,1H3,(H2,11,15);5H,1-4,6H2. The molecule has 0 bridgehead atoms. The van der Waals surface area contributed by atoms with E-state index < -0.39 is 5.91 Å². The highest BCUT2D eigenvalue weighted by Gasteiger charge is 2.10. The van der Waals surface area contributed by atoms with Crippen LogP contribution < -0.4 is 11.5 Å². The van der Waals surface area contributed by atoms with Gasteiger partial charge in [0, 0.05) is 6.04 Å². The Kier molecular flexibility index (Phi) is 5.05. The van der Waals surface area contributed by atoms with Gasteiger partial charge in [0.25, 0.3) is 5.91 Å². The Morgan fingerprint density at radius 3 is 2.33 bits per heavy atom. The highest BCUT2D eigenvalue weighted by molar-refractivity contribution is 5.96. The lowest BCUT2D eigenvalue weighted by molar-refractivity contribution is 0.1000. The number of carbonyl (C=O) groups excluding carboxylic acids is 1. The minimum absolute atomic E-state index is 0.422. The molecule has 3 rings (SSSR count). The second-order valence-corrected chi connectivity index (χ2v) is 5.25. The minimum atomic E-state index is -0.481. The average molecular weight is 287 g/mol. The van der Waals surface area contributed by atoms with Crippen molar-refractivity contribution >= 4 is 5.91 Å². The van der Waals surface area contributed by atoms with Gasteiger partial charge in [-0.05, 0) is 31.9 Å². The lowest BCUT2D eigenvalue weighted by Crippen LogP contribution is -2.15. The molecule has 0 spiro atoms. The van der Waals surface area contributed by atoms with Crippen molar-refractivity contribution < 1.29 is 4.79 Å². The van der Waals surface area contributed by atoms with Crippen LogP contribution in [0.2, 0.25) is 0 Å². The molecule has 21 heavy (non-hydrogen) atoms. The molecular formula is C15H21N5O. The lowest BCUT2D eigenvalue weighted by atomic mass is 10.1. The summed E-state index contributed by atoms with van der Waals surface area (Å²) >= 11 is 0. The van der Waals surface area contributed by atoms with Crippen molar-refractivity contribution in [2.75, 3.05) is 0 Å². The van der Waals surface area contributed by atoms with Crippen molar-refractivity contribution in [1.82, 2.24) is 15.0 Å². The highest BCUT2D eigenvalue weighted by Crippen LogP contribution is 2.15. The SMILES string of the molecule is Cc1ccc(-n2nccn2)c(C(N)=O)c1.NC1CCCC1. The molecule has 1 fully saturated rings. The third-order valence-corrected chi connectivity index (χ3v) is 3.45. The molecule has 0 radical (unpaired) electrons. The van der Waals surface area contributed by atoms with E-state index in [4.69, 9.17) is 11.5 Å². The zero-order valence-corrected chi connectivity index (χ0v) is 12.2. The summed E-state index contributed by atoms with van der Waals surface area (Å²) < 4.78 is 0. The van der Waals surface area contributed by atoms with Crippen LogP contribution in [0, 0.1) is 6.92 Å². The third kappa shape index (κ3) is 4.13. The minimum Gasteiger partial charge on any atom is -0.366 e. The van der Waals surface area contributed by atoms with Gasteiger partial charge in [-0.15, -0.1) is 0 Å². The van der Waals surface area contributed by atoms with Crippen molar-refractivity contribution in [3.8, 4) is 5.69 Å². The Morgan fingerprint density at radius 2 is 1.86 bits per heavy atom. The van der Waals surface area contributed by atoms with Gasteiger partial charge in [0.05, 0.1) is 23.6 Å². The number of primary amides is 1. The number of carbonyl (C=O) groups is 1. The van der Waals surface area contributed by atoms with E-state index in [1.807, 2.05) is 13.0 Å². The summed E-state index contributed by atoms with van der Waals surface area (Å²) in [6.07, 6.45) is 8.34. The van der Waals surface area contributed by atoms with Crippen molar-refractivity contribution in [3.05, 3.63) is 41.7 Å². The molecule has 1 aromatic carbocycles. The van der Waals surface area contributed by atoms with E-state index in [1.54, 1.807) is 24.5 Å². The smallest absolute Gasteiger partial charge is 0.250 e. The maximum atomic E-state index is 11.2.